The minimum atomic E-state index is -1.65. The van der Waals surface area contributed by atoms with Gasteiger partial charge in [-0.2, -0.15) is 0 Å². The topological polar surface area (TPSA) is 218 Å². The molecule has 0 amide bonds. The maximum Gasteiger partial charge on any atom is 0.303 e. The Morgan fingerprint density at radius 3 is 1.44 bits per heavy atom. The summed E-state index contributed by atoms with van der Waals surface area (Å²) in [6, 6.07) is 39.4. The highest BCUT2D eigenvalue weighted by Gasteiger charge is 2.56. The van der Waals surface area contributed by atoms with Gasteiger partial charge in [0.1, 0.15) is 49.3 Å². The van der Waals surface area contributed by atoms with Crippen LogP contribution in [0, 0.1) is 0 Å². The van der Waals surface area contributed by atoms with E-state index in [0.29, 0.717) is 6.04 Å². The van der Waals surface area contributed by atoms with Crippen molar-refractivity contribution in [2.45, 2.75) is 172 Å². The van der Waals surface area contributed by atoms with Gasteiger partial charge in [0.05, 0.1) is 45.7 Å². The van der Waals surface area contributed by atoms with Crippen LogP contribution in [0.3, 0.4) is 0 Å². The van der Waals surface area contributed by atoms with E-state index in [4.69, 9.17) is 66.3 Å². The number of rotatable bonds is 27. The molecule has 0 radical (unpaired) electrons. The molecule has 3 aliphatic heterocycles. The summed E-state index contributed by atoms with van der Waals surface area (Å²) in [5.74, 6) is -2.88. The molecule has 1 N–H and O–H groups in total. The number of aliphatic hydroxyl groups is 1. The fourth-order valence-electron chi connectivity index (χ4n) is 9.40. The zero-order chi connectivity index (χ0) is 56.3. The summed E-state index contributed by atoms with van der Waals surface area (Å²) in [4.78, 5) is 51.0. The van der Waals surface area contributed by atoms with E-state index >= 15 is 0 Å². The summed E-state index contributed by atoms with van der Waals surface area (Å²) in [6.07, 6.45) is -16.8. The Kier molecular flexibility index (Phi) is 23.5. The largest absolute Gasteiger partial charge is 0.463 e. The van der Waals surface area contributed by atoms with Gasteiger partial charge in [-0.25, -0.2) is 0 Å². The second-order valence-corrected chi connectivity index (χ2v) is 26.5. The summed E-state index contributed by atoms with van der Waals surface area (Å²) in [5, 5.41) is 11.2. The van der Waals surface area contributed by atoms with Crippen LogP contribution in [-0.4, -0.2) is 149 Å². The van der Waals surface area contributed by atoms with E-state index in [1.807, 2.05) is 121 Å². The first-order valence-corrected chi connectivity index (χ1v) is 30.5. The Hall–Kier alpha value is -5.46. The average molecular weight is 1120 g/mol. The van der Waals surface area contributed by atoms with Crippen LogP contribution in [0.4, 0.5) is 0 Å². The standard InChI is InChI=1S/C59H76O19Si/c1-38(61)67-37-50-52(54(72-40(3)63)56(73-41(4)64)58(76-50)66-28-29-79(5,6)7)78-57-47(71-39(2)62)30-46(48(31-60)75-57)74-59-55(70-35-45-26-18-11-19-27-45)53(69-34-44-24-16-10-17-25-44)51(68-33-43-22-14-9-15-23-43)49(77-59)36-65-32-42-20-12-8-13-21-42/h8-27,46-60H,28-37H2,1-7H3/t46-,47-,48-,49-,50-,51+,52-,53+,54+,55-,56-,57+,58-,59+/m1/s1. The SMILES string of the molecule is CC(=O)OC[C@H]1O[C@@H](OCC[Si](C)(C)C)[C@H](OC(C)=O)[C@@H](OC(C)=O)[C@@H]1O[C@@H]1O[C@H](CO)[C@H](O[C@H]2O[C@H](COCc3ccccc3)[C@H](OCc3ccccc3)[C@H](OCc3ccccc3)[C@H]2OCc2ccccc2)C[C@H]1OC(C)=O. The van der Waals surface area contributed by atoms with Crippen LogP contribution in [0.15, 0.2) is 121 Å². The Morgan fingerprint density at radius 2 is 0.937 bits per heavy atom. The van der Waals surface area contributed by atoms with Crippen LogP contribution >= 0.6 is 0 Å². The van der Waals surface area contributed by atoms with Crippen LogP contribution in [0.2, 0.25) is 25.7 Å². The summed E-state index contributed by atoms with van der Waals surface area (Å²) >= 11 is 0. The zero-order valence-electron chi connectivity index (χ0n) is 46.0. The van der Waals surface area contributed by atoms with E-state index in [0.717, 1.165) is 22.3 Å². The average Bonchev–Trinajstić information content (AvgIpc) is 3.43. The van der Waals surface area contributed by atoms with Crippen molar-refractivity contribution in [1.29, 1.82) is 0 Å². The molecule has 0 saturated carbocycles. The molecule has 7 rings (SSSR count). The van der Waals surface area contributed by atoms with Gasteiger partial charge in [0.15, 0.2) is 37.2 Å². The number of esters is 4. The van der Waals surface area contributed by atoms with Crippen LogP contribution in [0.1, 0.15) is 56.4 Å². The van der Waals surface area contributed by atoms with Gasteiger partial charge in [0.2, 0.25) is 0 Å². The molecule has 0 aliphatic carbocycles. The van der Waals surface area contributed by atoms with Crippen molar-refractivity contribution in [3.63, 3.8) is 0 Å². The molecular formula is C59H76O19Si. The summed E-state index contributed by atoms with van der Waals surface area (Å²) in [7, 11) is -1.65. The number of carbonyl (C=O) groups is 4. The van der Waals surface area contributed by atoms with Gasteiger partial charge in [-0.3, -0.25) is 19.2 Å². The smallest absolute Gasteiger partial charge is 0.303 e. The summed E-state index contributed by atoms with van der Waals surface area (Å²) in [5.41, 5.74) is 3.60. The molecule has 20 heteroatoms. The third-order valence-electron chi connectivity index (χ3n) is 13.2. The molecule has 430 valence electrons. The lowest BCUT2D eigenvalue weighted by Gasteiger charge is -2.49. The van der Waals surface area contributed by atoms with Crippen molar-refractivity contribution in [1.82, 2.24) is 0 Å². The lowest BCUT2D eigenvalue weighted by Crippen LogP contribution is -2.65. The predicted molar refractivity (Wildman–Crippen MR) is 286 cm³/mol. The van der Waals surface area contributed by atoms with E-state index in [1.165, 1.54) is 27.7 Å². The van der Waals surface area contributed by atoms with Crippen molar-refractivity contribution in [2.24, 2.45) is 0 Å². The van der Waals surface area contributed by atoms with Gasteiger partial charge >= 0.3 is 23.9 Å². The molecule has 3 saturated heterocycles. The first-order valence-electron chi connectivity index (χ1n) is 26.8. The second-order valence-electron chi connectivity index (χ2n) is 20.9. The first kappa shape index (κ1) is 61.2. The third-order valence-corrected chi connectivity index (χ3v) is 14.9. The number of aliphatic hydroxyl groups excluding tert-OH is 1. The molecular weight excluding hydrogens is 1040 g/mol. The highest BCUT2D eigenvalue weighted by atomic mass is 28.3. The fraction of sp³-hybridized carbons (Fsp3) is 0.525. The highest BCUT2D eigenvalue weighted by Crippen LogP contribution is 2.38. The maximum absolute atomic E-state index is 13.1. The van der Waals surface area contributed by atoms with Gasteiger partial charge in [-0.15, -0.1) is 0 Å². The second kappa shape index (κ2) is 30.4. The number of benzene rings is 4. The van der Waals surface area contributed by atoms with E-state index in [9.17, 15) is 24.3 Å². The normalized spacial score (nSPS) is 28.1. The van der Waals surface area contributed by atoms with Crippen molar-refractivity contribution >= 4 is 32.0 Å². The lowest BCUT2D eigenvalue weighted by molar-refractivity contribution is -0.371. The minimum Gasteiger partial charge on any atom is -0.463 e. The molecule has 3 aliphatic rings. The molecule has 0 spiro atoms. The maximum atomic E-state index is 13.1. The van der Waals surface area contributed by atoms with Crippen molar-refractivity contribution < 1.29 is 90.6 Å². The zero-order valence-corrected chi connectivity index (χ0v) is 47.0. The third kappa shape index (κ3) is 19.1. The van der Waals surface area contributed by atoms with Crippen molar-refractivity contribution in [3.8, 4) is 0 Å². The minimum absolute atomic E-state index is 0.0292. The number of carbonyl (C=O) groups excluding carboxylic acids is 4. The van der Waals surface area contributed by atoms with E-state index in [1.54, 1.807) is 0 Å². The van der Waals surface area contributed by atoms with Crippen LogP contribution in [0.25, 0.3) is 0 Å². The fourth-order valence-corrected chi connectivity index (χ4v) is 10.1. The highest BCUT2D eigenvalue weighted by molar-refractivity contribution is 6.76. The Labute approximate surface area is 463 Å². The number of hydrogen-bond donors (Lipinski definition) is 1. The molecule has 4 aromatic rings. The molecule has 0 bridgehead atoms. The van der Waals surface area contributed by atoms with Gasteiger partial charge in [0, 0.05) is 48.8 Å². The molecule has 14 atom stereocenters. The Bertz CT molecular complexity index is 2470. The van der Waals surface area contributed by atoms with Crippen LogP contribution in [-0.2, 0) is 112 Å². The van der Waals surface area contributed by atoms with Gasteiger partial charge in [0.25, 0.3) is 0 Å². The van der Waals surface area contributed by atoms with Gasteiger partial charge in [-0.1, -0.05) is 141 Å². The van der Waals surface area contributed by atoms with E-state index in [2.05, 4.69) is 19.6 Å². The monoisotopic (exact) mass is 1120 g/mol. The molecule has 0 unspecified atom stereocenters. The lowest BCUT2D eigenvalue weighted by atomic mass is 9.96. The van der Waals surface area contributed by atoms with Crippen molar-refractivity contribution in [2.75, 3.05) is 26.4 Å². The molecule has 19 nitrogen and oxygen atoms in total. The van der Waals surface area contributed by atoms with Crippen LogP contribution in [0.5, 0.6) is 0 Å². The molecule has 3 fully saturated rings. The van der Waals surface area contributed by atoms with Crippen molar-refractivity contribution in [3.05, 3.63) is 144 Å². The molecule has 79 heavy (non-hydrogen) atoms. The Balaban J connectivity index is 1.23. The van der Waals surface area contributed by atoms with Gasteiger partial charge in [-0.05, 0) is 28.3 Å². The quantitative estimate of drug-likeness (QED) is 0.0361. The molecule has 0 aromatic heterocycles. The van der Waals surface area contributed by atoms with E-state index < -0.39 is 131 Å². The summed E-state index contributed by atoms with van der Waals surface area (Å²) in [6.45, 7) is 11.1. The first-order chi connectivity index (χ1) is 38.0. The summed E-state index contributed by atoms with van der Waals surface area (Å²) < 4.78 is 89.7. The predicted octanol–water partition coefficient (Wildman–Crippen LogP) is 7.00. The molecule has 4 aromatic carbocycles. The van der Waals surface area contributed by atoms with E-state index in [-0.39, 0.29) is 46.1 Å². The molecule has 3 heterocycles. The number of ether oxygens (including phenoxy) is 14. The Morgan fingerprint density at radius 1 is 0.468 bits per heavy atom. The number of hydrogen-bond acceptors (Lipinski definition) is 19. The van der Waals surface area contributed by atoms with Gasteiger partial charge < -0.3 is 71.4 Å². The van der Waals surface area contributed by atoms with Crippen LogP contribution < -0.4 is 0 Å².